The highest BCUT2D eigenvalue weighted by Crippen LogP contribution is 1.96. The van der Waals surface area contributed by atoms with E-state index in [0.717, 1.165) is 0 Å². The van der Waals surface area contributed by atoms with Gasteiger partial charge in [-0.25, -0.2) is 0 Å². The Labute approximate surface area is 96.6 Å². The zero-order chi connectivity index (χ0) is 12.0. The molecule has 0 rings (SSSR count). The van der Waals surface area contributed by atoms with Crippen LogP contribution in [0.15, 0.2) is 0 Å². The van der Waals surface area contributed by atoms with Crippen molar-refractivity contribution in [2.75, 3.05) is 5.75 Å². The lowest BCUT2D eigenvalue weighted by molar-refractivity contribution is -0.130. The molecule has 4 nitrogen and oxygen atoms in total. The molecule has 0 aromatic rings. The molecule has 0 aliphatic carbocycles. The molecule has 1 atom stereocenters. The molecular weight excluding hydrogens is 212 g/mol. The molecule has 0 aliphatic heterocycles. The van der Waals surface area contributed by atoms with Crippen LogP contribution in [0.25, 0.3) is 0 Å². The topological polar surface area (TPSA) is 58.2 Å². The summed E-state index contributed by atoms with van der Waals surface area (Å²) in [5, 5.41) is 5.38. The third kappa shape index (κ3) is 5.67. The van der Waals surface area contributed by atoms with Crippen molar-refractivity contribution in [3.63, 3.8) is 0 Å². The van der Waals surface area contributed by atoms with E-state index in [1.807, 2.05) is 13.8 Å². The molecule has 0 aliphatic rings. The van der Waals surface area contributed by atoms with Gasteiger partial charge in [-0.2, -0.15) is 12.6 Å². The van der Waals surface area contributed by atoms with Gasteiger partial charge in [-0.15, -0.1) is 0 Å². The minimum absolute atomic E-state index is 0.0656. The first-order chi connectivity index (χ1) is 6.88. The Morgan fingerprint density at radius 2 is 1.60 bits per heavy atom. The van der Waals surface area contributed by atoms with Crippen LogP contribution in [0.4, 0.5) is 0 Å². The average molecular weight is 232 g/mol. The molecule has 0 unspecified atom stereocenters. The summed E-state index contributed by atoms with van der Waals surface area (Å²) in [5.41, 5.74) is 0. The lowest BCUT2D eigenvalue weighted by Crippen LogP contribution is -2.50. The van der Waals surface area contributed by atoms with Crippen LogP contribution in [0, 0.1) is 5.92 Å². The molecule has 0 bridgehead atoms. The van der Waals surface area contributed by atoms with Crippen molar-refractivity contribution in [2.45, 2.75) is 39.8 Å². The van der Waals surface area contributed by atoms with Gasteiger partial charge in [-0.3, -0.25) is 9.59 Å². The summed E-state index contributed by atoms with van der Waals surface area (Å²) < 4.78 is 0. The Morgan fingerprint density at radius 3 is 1.93 bits per heavy atom. The number of hydrogen-bond acceptors (Lipinski definition) is 3. The first-order valence-electron chi connectivity index (χ1n) is 5.10. The van der Waals surface area contributed by atoms with Crippen molar-refractivity contribution in [3.05, 3.63) is 0 Å². The van der Waals surface area contributed by atoms with Crippen molar-refractivity contribution >= 4 is 24.4 Å². The van der Waals surface area contributed by atoms with E-state index in [4.69, 9.17) is 0 Å². The highest BCUT2D eigenvalue weighted by Gasteiger charge is 2.20. The van der Waals surface area contributed by atoms with Gasteiger partial charge in [0.25, 0.3) is 0 Å². The largest absolute Gasteiger partial charge is 0.352 e. The van der Waals surface area contributed by atoms with Crippen molar-refractivity contribution < 1.29 is 9.59 Å². The Hall–Kier alpha value is -0.710. The van der Waals surface area contributed by atoms with Gasteiger partial charge in [0.15, 0.2) is 0 Å². The Bertz CT molecular complexity index is 229. The number of hydrogen-bond donors (Lipinski definition) is 3. The number of amides is 2. The van der Waals surface area contributed by atoms with Gasteiger partial charge >= 0.3 is 0 Å². The number of carbonyl (C=O) groups is 2. The van der Waals surface area contributed by atoms with E-state index in [1.54, 1.807) is 13.8 Å². The quantitative estimate of drug-likeness (QED) is 0.607. The predicted octanol–water partition coefficient (Wildman–Crippen LogP) is 0.582. The molecule has 0 saturated carbocycles. The summed E-state index contributed by atoms with van der Waals surface area (Å²) in [4.78, 5) is 22.9. The van der Waals surface area contributed by atoms with Crippen molar-refractivity contribution in [3.8, 4) is 0 Å². The average Bonchev–Trinajstić information content (AvgIpc) is 2.11. The molecule has 2 amide bonds. The molecular formula is C10H20N2O2S. The summed E-state index contributed by atoms with van der Waals surface area (Å²) in [6, 6.07) is -0.485. The maximum absolute atomic E-state index is 11.6. The van der Waals surface area contributed by atoms with Crippen LogP contribution in [-0.2, 0) is 9.59 Å². The minimum atomic E-state index is -0.550. The molecule has 0 spiro atoms. The first-order valence-corrected chi connectivity index (χ1v) is 5.73. The van der Waals surface area contributed by atoms with Crippen LogP contribution in [-0.4, -0.2) is 29.7 Å². The minimum Gasteiger partial charge on any atom is -0.352 e. The molecule has 5 heteroatoms. The second kappa shape index (κ2) is 6.71. The second-order valence-corrected chi connectivity index (χ2v) is 4.43. The van der Waals surface area contributed by atoms with E-state index in [9.17, 15) is 9.59 Å². The highest BCUT2D eigenvalue weighted by atomic mass is 32.1. The number of carbonyl (C=O) groups excluding carboxylic acids is 2. The zero-order valence-corrected chi connectivity index (χ0v) is 10.6. The number of nitrogens with one attached hydrogen (secondary N) is 2. The van der Waals surface area contributed by atoms with Gasteiger partial charge in [0.05, 0.1) is 0 Å². The Morgan fingerprint density at radius 1 is 1.07 bits per heavy atom. The van der Waals surface area contributed by atoms with Crippen molar-refractivity contribution in [2.24, 2.45) is 5.92 Å². The highest BCUT2D eigenvalue weighted by molar-refractivity contribution is 7.80. The van der Waals surface area contributed by atoms with Gasteiger partial charge in [-0.1, -0.05) is 13.8 Å². The normalized spacial score (nSPS) is 12.7. The summed E-state index contributed by atoms with van der Waals surface area (Å²) in [6.07, 6.45) is 0. The standard InChI is InChI=1S/C10H20N2O2S/c1-6(2)9(13)12-8(5-15)10(14)11-7(3)4/h6-8,15H,5H2,1-4H3,(H,11,14)(H,12,13)/t8-/m0/s1. The van der Waals surface area contributed by atoms with Crippen LogP contribution in [0.5, 0.6) is 0 Å². The fourth-order valence-corrected chi connectivity index (χ4v) is 1.17. The lowest BCUT2D eigenvalue weighted by Gasteiger charge is -2.19. The van der Waals surface area contributed by atoms with Crippen LogP contribution in [0.2, 0.25) is 0 Å². The zero-order valence-electron chi connectivity index (χ0n) is 9.70. The van der Waals surface area contributed by atoms with E-state index in [0.29, 0.717) is 5.75 Å². The molecule has 0 aromatic carbocycles. The number of thiol groups is 1. The van der Waals surface area contributed by atoms with Crippen LogP contribution < -0.4 is 10.6 Å². The van der Waals surface area contributed by atoms with E-state index < -0.39 is 6.04 Å². The smallest absolute Gasteiger partial charge is 0.243 e. The van der Waals surface area contributed by atoms with E-state index in [1.165, 1.54) is 0 Å². The fraction of sp³-hybridized carbons (Fsp3) is 0.800. The molecule has 0 saturated heterocycles. The third-order valence-corrected chi connectivity index (χ3v) is 2.14. The summed E-state index contributed by atoms with van der Waals surface area (Å²) in [7, 11) is 0. The van der Waals surface area contributed by atoms with Crippen LogP contribution in [0.1, 0.15) is 27.7 Å². The Kier molecular flexibility index (Phi) is 6.40. The fourth-order valence-electron chi connectivity index (χ4n) is 0.918. The molecule has 2 N–H and O–H groups in total. The van der Waals surface area contributed by atoms with E-state index in [2.05, 4.69) is 23.3 Å². The second-order valence-electron chi connectivity index (χ2n) is 4.06. The maximum atomic E-state index is 11.6. The van der Waals surface area contributed by atoms with Crippen LogP contribution in [0.3, 0.4) is 0 Å². The van der Waals surface area contributed by atoms with Gasteiger partial charge in [-0.05, 0) is 13.8 Å². The Balaban J connectivity index is 4.24. The number of rotatable bonds is 5. The molecule has 88 valence electrons. The monoisotopic (exact) mass is 232 g/mol. The van der Waals surface area contributed by atoms with Gasteiger partial charge in [0, 0.05) is 17.7 Å². The first kappa shape index (κ1) is 14.3. The summed E-state index contributed by atoms with van der Waals surface area (Å²) >= 11 is 4.04. The summed E-state index contributed by atoms with van der Waals surface area (Å²) in [6.45, 7) is 7.31. The third-order valence-electron chi connectivity index (χ3n) is 1.77. The van der Waals surface area contributed by atoms with Crippen LogP contribution >= 0.6 is 12.6 Å². The lowest BCUT2D eigenvalue weighted by atomic mass is 10.2. The maximum Gasteiger partial charge on any atom is 0.243 e. The predicted molar refractivity (Wildman–Crippen MR) is 63.9 cm³/mol. The molecule has 15 heavy (non-hydrogen) atoms. The molecule has 0 fully saturated rings. The van der Waals surface area contributed by atoms with E-state index >= 15 is 0 Å². The SMILES string of the molecule is CC(C)NC(=O)[C@H](CS)NC(=O)C(C)C. The van der Waals surface area contributed by atoms with Gasteiger partial charge in [0.1, 0.15) is 6.04 Å². The van der Waals surface area contributed by atoms with Crippen molar-refractivity contribution in [1.29, 1.82) is 0 Å². The molecule has 0 radical (unpaired) electrons. The van der Waals surface area contributed by atoms with E-state index in [-0.39, 0.29) is 23.8 Å². The van der Waals surface area contributed by atoms with Crippen molar-refractivity contribution in [1.82, 2.24) is 10.6 Å². The van der Waals surface area contributed by atoms with Gasteiger partial charge in [0.2, 0.25) is 11.8 Å². The molecule has 0 heterocycles. The molecule has 0 aromatic heterocycles. The summed E-state index contributed by atoms with van der Waals surface area (Å²) in [5.74, 6) is -0.141. The van der Waals surface area contributed by atoms with Gasteiger partial charge < -0.3 is 10.6 Å².